The van der Waals surface area contributed by atoms with Gasteiger partial charge in [0.2, 0.25) is 5.16 Å². The Morgan fingerprint density at radius 1 is 1.75 bits per heavy atom. The van der Waals surface area contributed by atoms with Crippen molar-refractivity contribution >= 4 is 17.9 Å². The van der Waals surface area contributed by atoms with Crippen LogP contribution in [0.5, 0.6) is 0 Å². The van der Waals surface area contributed by atoms with E-state index in [0.29, 0.717) is 5.16 Å². The average molecular weight is 189 g/mol. The van der Waals surface area contributed by atoms with Crippen LogP contribution in [0.4, 0.5) is 4.79 Å². The molecule has 0 aliphatic rings. The highest BCUT2D eigenvalue weighted by Crippen LogP contribution is 2.11. The summed E-state index contributed by atoms with van der Waals surface area (Å²) in [6.45, 7) is 0. The molecule has 0 amide bonds. The van der Waals surface area contributed by atoms with Crippen molar-refractivity contribution in [2.75, 3.05) is 5.94 Å². The van der Waals surface area contributed by atoms with Gasteiger partial charge in [0.05, 0.1) is 0 Å². The van der Waals surface area contributed by atoms with E-state index in [4.69, 9.17) is 0 Å². The van der Waals surface area contributed by atoms with Crippen molar-refractivity contribution in [2.24, 2.45) is 7.05 Å². The minimum atomic E-state index is -1.56. The SMILES string of the molecule is Cn1nnnc1SCOC([O])=O. The van der Waals surface area contributed by atoms with Crippen molar-refractivity contribution in [3.05, 3.63) is 0 Å². The molecule has 1 radical (unpaired) electrons. The Labute approximate surface area is 71.7 Å². The Hall–Kier alpha value is -1.31. The van der Waals surface area contributed by atoms with Gasteiger partial charge >= 0.3 is 6.16 Å². The molecule has 1 aromatic rings. The summed E-state index contributed by atoms with van der Waals surface area (Å²) in [5.41, 5.74) is 0. The monoisotopic (exact) mass is 189 g/mol. The van der Waals surface area contributed by atoms with E-state index >= 15 is 0 Å². The second kappa shape index (κ2) is 3.90. The summed E-state index contributed by atoms with van der Waals surface area (Å²) in [5.74, 6) is -0.0729. The summed E-state index contributed by atoms with van der Waals surface area (Å²) in [4.78, 5) is 9.81. The molecule has 0 atom stereocenters. The summed E-state index contributed by atoms with van der Waals surface area (Å²) in [7, 11) is 1.64. The number of carbonyl (C=O) groups is 1. The highest BCUT2D eigenvalue weighted by Gasteiger charge is 2.04. The summed E-state index contributed by atoms with van der Waals surface area (Å²) in [6.07, 6.45) is -1.56. The Morgan fingerprint density at radius 2 is 2.50 bits per heavy atom. The molecule has 0 N–H and O–H groups in total. The maximum Gasteiger partial charge on any atom is 0.550 e. The largest absolute Gasteiger partial charge is 0.550 e. The molecule has 0 aliphatic heterocycles. The fraction of sp³-hybridized carbons (Fsp3) is 0.500. The first kappa shape index (κ1) is 8.78. The van der Waals surface area contributed by atoms with Crippen LogP contribution >= 0.6 is 11.8 Å². The molecular weight excluding hydrogens is 184 g/mol. The fourth-order valence-electron chi connectivity index (χ4n) is 0.474. The molecule has 0 saturated carbocycles. The van der Waals surface area contributed by atoms with Gasteiger partial charge in [0, 0.05) is 7.05 Å². The van der Waals surface area contributed by atoms with Crippen LogP contribution in [0, 0.1) is 0 Å². The maximum absolute atomic E-state index is 9.81. The molecule has 0 aromatic carbocycles. The number of ether oxygens (including phenoxy) is 1. The van der Waals surface area contributed by atoms with Gasteiger partial charge in [-0.05, 0) is 22.2 Å². The minimum absolute atomic E-state index is 0.0729. The van der Waals surface area contributed by atoms with Gasteiger partial charge in [0.25, 0.3) is 0 Å². The first-order chi connectivity index (χ1) is 5.70. The zero-order valence-electron chi connectivity index (χ0n) is 6.13. The Kier molecular flexibility index (Phi) is 2.86. The molecule has 7 nitrogen and oxygen atoms in total. The minimum Gasteiger partial charge on any atom is -0.420 e. The number of rotatable bonds is 3. The lowest BCUT2D eigenvalue weighted by Crippen LogP contribution is -1.99. The van der Waals surface area contributed by atoms with E-state index < -0.39 is 6.16 Å². The fourth-order valence-corrected chi connectivity index (χ4v) is 1.05. The summed E-state index contributed by atoms with van der Waals surface area (Å²) in [5, 5.41) is 20.7. The van der Waals surface area contributed by atoms with Crippen LogP contribution < -0.4 is 0 Å². The molecule has 1 heterocycles. The zero-order chi connectivity index (χ0) is 8.97. The number of aryl methyl sites for hydroxylation is 1. The van der Waals surface area contributed by atoms with Gasteiger partial charge in [-0.25, -0.2) is 4.68 Å². The van der Waals surface area contributed by atoms with Crippen LogP contribution in [0.25, 0.3) is 0 Å². The van der Waals surface area contributed by atoms with E-state index in [0.717, 1.165) is 11.8 Å². The van der Waals surface area contributed by atoms with Crippen molar-refractivity contribution in [3.63, 3.8) is 0 Å². The molecule has 1 aromatic heterocycles. The molecular formula is C4H5N4O3S. The van der Waals surface area contributed by atoms with E-state index in [9.17, 15) is 9.90 Å². The molecule has 0 saturated heterocycles. The van der Waals surface area contributed by atoms with Gasteiger partial charge in [-0.3, -0.25) is 0 Å². The quantitative estimate of drug-likeness (QED) is 0.372. The normalized spacial score (nSPS) is 9.75. The third kappa shape index (κ3) is 2.38. The van der Waals surface area contributed by atoms with E-state index in [1.165, 1.54) is 4.68 Å². The molecule has 0 aliphatic carbocycles. The molecule has 0 unspecified atom stereocenters. The third-order valence-corrected chi connectivity index (χ3v) is 1.79. The van der Waals surface area contributed by atoms with Gasteiger partial charge < -0.3 is 4.74 Å². The second-order valence-electron chi connectivity index (χ2n) is 1.74. The standard InChI is InChI=1S/C4H5N4O3S/c1-8-3(5-6-7-8)12-2-11-4(9)10/h2H2,1H3. The molecule has 8 heteroatoms. The molecule has 1 rings (SSSR count). The number of tetrazole rings is 1. The zero-order valence-corrected chi connectivity index (χ0v) is 6.95. The Bertz CT molecular complexity index is 275. The van der Waals surface area contributed by atoms with Crippen LogP contribution in [0.2, 0.25) is 0 Å². The third-order valence-electron chi connectivity index (χ3n) is 0.946. The topological polar surface area (TPSA) is 89.8 Å². The lowest BCUT2D eigenvalue weighted by Gasteiger charge is -1.96. The predicted octanol–water partition coefficient (Wildman–Crippen LogP) is -0.173. The van der Waals surface area contributed by atoms with Gasteiger partial charge in [0.15, 0.2) is 0 Å². The van der Waals surface area contributed by atoms with Gasteiger partial charge in [-0.2, -0.15) is 9.90 Å². The van der Waals surface area contributed by atoms with Crippen LogP contribution in [0.3, 0.4) is 0 Å². The molecule has 0 fully saturated rings. The van der Waals surface area contributed by atoms with E-state index in [2.05, 4.69) is 20.3 Å². The number of hydrogen-bond acceptors (Lipinski definition) is 6. The van der Waals surface area contributed by atoms with Gasteiger partial charge in [-0.15, -0.1) is 5.10 Å². The lowest BCUT2D eigenvalue weighted by molar-refractivity contribution is 0.0831. The summed E-state index contributed by atoms with van der Waals surface area (Å²) >= 11 is 1.07. The number of thioether (sulfide) groups is 1. The van der Waals surface area contributed by atoms with Crippen LogP contribution in [0.1, 0.15) is 0 Å². The molecule has 0 spiro atoms. The van der Waals surface area contributed by atoms with E-state index in [1.807, 2.05) is 0 Å². The lowest BCUT2D eigenvalue weighted by atomic mass is 11.2. The Balaban J connectivity index is 2.33. The molecule has 65 valence electrons. The first-order valence-corrected chi connectivity index (χ1v) is 3.87. The second-order valence-corrected chi connectivity index (χ2v) is 2.63. The smallest absolute Gasteiger partial charge is 0.420 e. The van der Waals surface area contributed by atoms with Crippen molar-refractivity contribution in [1.82, 2.24) is 20.2 Å². The molecule has 0 bridgehead atoms. The first-order valence-electron chi connectivity index (χ1n) is 2.89. The number of nitrogens with zero attached hydrogens (tertiary/aromatic N) is 4. The van der Waals surface area contributed by atoms with Crippen molar-refractivity contribution in [2.45, 2.75) is 5.16 Å². The highest BCUT2D eigenvalue weighted by molar-refractivity contribution is 7.99. The van der Waals surface area contributed by atoms with Gasteiger partial charge in [-0.1, -0.05) is 0 Å². The van der Waals surface area contributed by atoms with E-state index in [1.54, 1.807) is 7.05 Å². The number of carbonyl (C=O) groups excluding carboxylic acids is 1. The maximum atomic E-state index is 9.81. The summed E-state index contributed by atoms with van der Waals surface area (Å²) in [6, 6.07) is 0. The predicted molar refractivity (Wildman–Crippen MR) is 36.7 cm³/mol. The molecule has 12 heavy (non-hydrogen) atoms. The number of hydrogen-bond donors (Lipinski definition) is 0. The average Bonchev–Trinajstić information content (AvgIpc) is 2.36. The van der Waals surface area contributed by atoms with Crippen molar-refractivity contribution < 1.29 is 14.6 Å². The summed E-state index contributed by atoms with van der Waals surface area (Å²) < 4.78 is 5.54. The number of aromatic nitrogens is 4. The van der Waals surface area contributed by atoms with Crippen LogP contribution in [-0.2, 0) is 16.9 Å². The van der Waals surface area contributed by atoms with E-state index in [-0.39, 0.29) is 5.94 Å². The van der Waals surface area contributed by atoms with Crippen LogP contribution in [0.15, 0.2) is 5.16 Å². The van der Waals surface area contributed by atoms with Crippen LogP contribution in [-0.4, -0.2) is 32.3 Å². The van der Waals surface area contributed by atoms with Gasteiger partial charge in [0.1, 0.15) is 5.94 Å². The van der Waals surface area contributed by atoms with Crippen molar-refractivity contribution in [3.8, 4) is 0 Å². The Morgan fingerprint density at radius 3 is 3.00 bits per heavy atom. The highest BCUT2D eigenvalue weighted by atomic mass is 32.2. The van der Waals surface area contributed by atoms with Crippen molar-refractivity contribution in [1.29, 1.82) is 0 Å².